The maximum Gasteiger partial charge on any atom is 0.317 e. The van der Waals surface area contributed by atoms with Gasteiger partial charge in [0.2, 0.25) is 0 Å². The van der Waals surface area contributed by atoms with Gasteiger partial charge in [-0.25, -0.2) is 4.79 Å². The molecule has 27 heavy (non-hydrogen) atoms. The first-order valence-corrected chi connectivity index (χ1v) is 10.1. The number of likely N-dealkylation sites (tertiary alicyclic amines) is 1. The standard InChI is InChI=1S/C20H32N4O3/c25-18(15-23-10-2-1-3-11-23)16-27-19-6-4-17(5-7-19)14-21-8-12-24-13-9-22-20(24)26/h4-7,18,21,25H,1-3,8-16H2,(H,22,26). The van der Waals surface area contributed by atoms with Gasteiger partial charge in [0, 0.05) is 39.3 Å². The number of aliphatic hydroxyl groups is 1. The molecule has 7 heteroatoms. The van der Waals surface area contributed by atoms with Crippen molar-refractivity contribution in [3.8, 4) is 5.75 Å². The van der Waals surface area contributed by atoms with E-state index in [9.17, 15) is 9.90 Å². The lowest BCUT2D eigenvalue weighted by atomic mass is 10.1. The lowest BCUT2D eigenvalue weighted by Crippen LogP contribution is -2.38. The summed E-state index contributed by atoms with van der Waals surface area (Å²) in [5.41, 5.74) is 1.17. The fraction of sp³-hybridized carbons (Fsp3) is 0.650. The Morgan fingerprint density at radius 1 is 1.15 bits per heavy atom. The first-order valence-electron chi connectivity index (χ1n) is 10.1. The Labute approximate surface area is 161 Å². The molecule has 0 bridgehead atoms. The molecule has 0 spiro atoms. The van der Waals surface area contributed by atoms with Gasteiger partial charge in [0.15, 0.2) is 0 Å². The van der Waals surface area contributed by atoms with Gasteiger partial charge < -0.3 is 30.3 Å². The Balaban J connectivity index is 1.30. The molecule has 2 saturated heterocycles. The van der Waals surface area contributed by atoms with Crippen molar-refractivity contribution in [2.75, 3.05) is 52.4 Å². The molecule has 0 radical (unpaired) electrons. The number of urea groups is 1. The molecule has 1 aromatic carbocycles. The average Bonchev–Trinajstić information content (AvgIpc) is 3.10. The fourth-order valence-electron chi connectivity index (χ4n) is 3.56. The molecule has 3 rings (SSSR count). The maximum absolute atomic E-state index is 11.4. The van der Waals surface area contributed by atoms with Crippen LogP contribution < -0.4 is 15.4 Å². The summed E-state index contributed by atoms with van der Waals surface area (Å²) in [4.78, 5) is 15.6. The van der Waals surface area contributed by atoms with Crippen LogP contribution in [0, 0.1) is 0 Å². The summed E-state index contributed by atoms with van der Waals surface area (Å²) in [7, 11) is 0. The van der Waals surface area contributed by atoms with Crippen molar-refractivity contribution in [1.29, 1.82) is 0 Å². The molecule has 2 aliphatic rings. The van der Waals surface area contributed by atoms with E-state index in [2.05, 4.69) is 15.5 Å². The molecule has 2 fully saturated rings. The average molecular weight is 377 g/mol. The number of aliphatic hydroxyl groups excluding tert-OH is 1. The zero-order valence-electron chi connectivity index (χ0n) is 16.0. The fourth-order valence-corrected chi connectivity index (χ4v) is 3.56. The Bertz CT molecular complexity index is 575. The molecule has 2 heterocycles. The summed E-state index contributed by atoms with van der Waals surface area (Å²) in [5, 5.41) is 16.3. The van der Waals surface area contributed by atoms with Gasteiger partial charge in [-0.15, -0.1) is 0 Å². The number of amides is 2. The molecule has 0 saturated carbocycles. The van der Waals surface area contributed by atoms with Crippen molar-refractivity contribution in [2.24, 2.45) is 0 Å². The van der Waals surface area contributed by atoms with Crippen molar-refractivity contribution < 1.29 is 14.6 Å². The molecular formula is C20H32N4O3. The normalized spacial score (nSPS) is 19.1. The van der Waals surface area contributed by atoms with Crippen LogP contribution in [0.5, 0.6) is 5.75 Å². The Morgan fingerprint density at radius 2 is 1.93 bits per heavy atom. The number of hydrogen-bond acceptors (Lipinski definition) is 5. The highest BCUT2D eigenvalue weighted by Crippen LogP contribution is 2.13. The lowest BCUT2D eigenvalue weighted by Gasteiger charge is -2.28. The summed E-state index contributed by atoms with van der Waals surface area (Å²) >= 11 is 0. The molecule has 150 valence electrons. The van der Waals surface area contributed by atoms with Crippen LogP contribution in [0.15, 0.2) is 24.3 Å². The third kappa shape index (κ3) is 6.68. The van der Waals surface area contributed by atoms with E-state index >= 15 is 0 Å². The number of β-amino-alcohol motifs (C(OH)–C–C–N with tert-alkyl or cyclic N) is 1. The van der Waals surface area contributed by atoms with Crippen LogP contribution in [0.3, 0.4) is 0 Å². The molecule has 3 N–H and O–H groups in total. The van der Waals surface area contributed by atoms with Gasteiger partial charge in [0.25, 0.3) is 0 Å². The minimum atomic E-state index is -0.452. The molecule has 2 amide bonds. The Kier molecular flexibility index (Phi) is 7.74. The van der Waals surface area contributed by atoms with Gasteiger partial charge in [-0.3, -0.25) is 0 Å². The van der Waals surface area contributed by atoms with Crippen LogP contribution in [0.1, 0.15) is 24.8 Å². The maximum atomic E-state index is 11.4. The van der Waals surface area contributed by atoms with E-state index in [-0.39, 0.29) is 6.03 Å². The monoisotopic (exact) mass is 376 g/mol. The second-order valence-electron chi connectivity index (χ2n) is 7.37. The number of carbonyl (C=O) groups is 1. The predicted octanol–water partition coefficient (Wildman–Crippen LogP) is 1.03. The number of nitrogens with zero attached hydrogens (tertiary/aromatic N) is 2. The largest absolute Gasteiger partial charge is 0.491 e. The molecule has 2 aliphatic heterocycles. The highest BCUT2D eigenvalue weighted by molar-refractivity contribution is 5.76. The molecule has 7 nitrogen and oxygen atoms in total. The van der Waals surface area contributed by atoms with Gasteiger partial charge in [-0.2, -0.15) is 0 Å². The second-order valence-corrected chi connectivity index (χ2v) is 7.37. The molecule has 0 aliphatic carbocycles. The van der Waals surface area contributed by atoms with Gasteiger partial charge >= 0.3 is 6.03 Å². The smallest absolute Gasteiger partial charge is 0.317 e. The number of carbonyl (C=O) groups excluding carboxylic acids is 1. The number of ether oxygens (including phenoxy) is 1. The van der Waals surface area contributed by atoms with Gasteiger partial charge in [0.05, 0.1) is 0 Å². The van der Waals surface area contributed by atoms with E-state index in [1.54, 1.807) is 0 Å². The van der Waals surface area contributed by atoms with Gasteiger partial charge in [0.1, 0.15) is 18.5 Å². The quantitative estimate of drug-likeness (QED) is 0.532. The van der Waals surface area contributed by atoms with Gasteiger partial charge in [-0.1, -0.05) is 18.6 Å². The van der Waals surface area contributed by atoms with E-state index in [0.717, 1.165) is 51.6 Å². The third-order valence-corrected chi connectivity index (χ3v) is 5.12. The van der Waals surface area contributed by atoms with E-state index in [1.807, 2.05) is 29.2 Å². The predicted molar refractivity (Wildman–Crippen MR) is 105 cm³/mol. The first-order chi connectivity index (χ1) is 13.2. The number of hydrogen-bond donors (Lipinski definition) is 3. The lowest BCUT2D eigenvalue weighted by molar-refractivity contribution is 0.0617. The number of nitrogens with one attached hydrogen (secondary N) is 2. The van der Waals surface area contributed by atoms with Crippen LogP contribution >= 0.6 is 0 Å². The van der Waals surface area contributed by atoms with Gasteiger partial charge in [-0.05, 0) is 43.6 Å². The Hall–Kier alpha value is -1.83. The van der Waals surface area contributed by atoms with Crippen molar-refractivity contribution in [1.82, 2.24) is 20.4 Å². The molecule has 0 aromatic heterocycles. The second kappa shape index (κ2) is 10.5. The number of rotatable bonds is 10. The summed E-state index contributed by atoms with van der Waals surface area (Å²) in [5.74, 6) is 0.783. The van der Waals surface area contributed by atoms with E-state index in [0.29, 0.717) is 13.2 Å². The zero-order chi connectivity index (χ0) is 18.9. The molecule has 1 aromatic rings. The zero-order valence-corrected chi connectivity index (χ0v) is 16.0. The van der Waals surface area contributed by atoms with Crippen molar-refractivity contribution in [2.45, 2.75) is 31.9 Å². The van der Waals surface area contributed by atoms with Crippen LogP contribution in [-0.2, 0) is 6.54 Å². The topological polar surface area (TPSA) is 77.1 Å². The Morgan fingerprint density at radius 3 is 2.63 bits per heavy atom. The summed E-state index contributed by atoms with van der Waals surface area (Å²) in [6.07, 6.45) is 3.31. The highest BCUT2D eigenvalue weighted by Gasteiger charge is 2.18. The minimum absolute atomic E-state index is 0.0285. The third-order valence-electron chi connectivity index (χ3n) is 5.12. The summed E-state index contributed by atoms with van der Waals surface area (Å²) in [6.45, 7) is 6.97. The highest BCUT2D eigenvalue weighted by atomic mass is 16.5. The van der Waals surface area contributed by atoms with E-state index in [4.69, 9.17) is 4.74 Å². The van der Waals surface area contributed by atoms with Crippen LogP contribution in [0.2, 0.25) is 0 Å². The minimum Gasteiger partial charge on any atom is -0.491 e. The van der Waals surface area contributed by atoms with E-state index < -0.39 is 6.10 Å². The van der Waals surface area contributed by atoms with Crippen LogP contribution in [0.4, 0.5) is 4.79 Å². The first kappa shape index (κ1) is 19.9. The van der Waals surface area contributed by atoms with Crippen molar-refractivity contribution in [3.05, 3.63) is 29.8 Å². The molecular weight excluding hydrogens is 344 g/mol. The van der Waals surface area contributed by atoms with E-state index in [1.165, 1.54) is 24.8 Å². The van der Waals surface area contributed by atoms with Crippen molar-refractivity contribution in [3.63, 3.8) is 0 Å². The van der Waals surface area contributed by atoms with Crippen LogP contribution in [-0.4, -0.2) is 79.5 Å². The molecule has 1 unspecified atom stereocenters. The van der Waals surface area contributed by atoms with Crippen molar-refractivity contribution >= 4 is 6.03 Å². The number of benzene rings is 1. The summed E-state index contributed by atoms with van der Waals surface area (Å²) < 4.78 is 5.72. The summed E-state index contributed by atoms with van der Waals surface area (Å²) in [6, 6.07) is 7.97. The molecule has 1 atom stereocenters. The SMILES string of the molecule is O=C1NCCN1CCNCc1ccc(OCC(O)CN2CCCCC2)cc1. The number of piperidine rings is 1. The van der Waals surface area contributed by atoms with Crippen LogP contribution in [0.25, 0.3) is 0 Å².